The minimum Gasteiger partial charge on any atom is -0.484 e. The van der Waals surface area contributed by atoms with Gasteiger partial charge in [0, 0.05) is 23.0 Å². The number of thioether (sulfide) groups is 1. The molecule has 0 saturated carbocycles. The maximum absolute atomic E-state index is 12.0. The Kier molecular flexibility index (Phi) is 8.07. The molecule has 1 amide bonds. The van der Waals surface area contributed by atoms with Crippen molar-refractivity contribution >= 4 is 29.3 Å². The van der Waals surface area contributed by atoms with Gasteiger partial charge in [-0.3, -0.25) is 9.69 Å². The number of rotatable bonds is 8. The number of amides is 1. The van der Waals surface area contributed by atoms with Crippen LogP contribution in [0.3, 0.4) is 0 Å². The van der Waals surface area contributed by atoms with Crippen LogP contribution in [0.4, 0.5) is 0 Å². The molecule has 2 aromatic rings. The maximum atomic E-state index is 12.0. The fraction of sp³-hybridized carbons (Fsp3) is 0.409. The molecule has 0 aromatic heterocycles. The van der Waals surface area contributed by atoms with E-state index in [1.54, 1.807) is 36.0 Å². The highest BCUT2D eigenvalue weighted by Crippen LogP contribution is 2.24. The van der Waals surface area contributed by atoms with Crippen molar-refractivity contribution in [2.24, 2.45) is 5.92 Å². The standard InChI is InChI=1S/C22H27ClN2O2S/c1-28-21-5-3-2-4-18(21)15-25-12-10-17(11-13-25)14-24-22(26)16-27-20-8-6-19(23)7-9-20/h2-9,17H,10-16H2,1H3,(H,24,26). The Morgan fingerprint density at radius 2 is 1.89 bits per heavy atom. The first-order chi connectivity index (χ1) is 13.6. The summed E-state index contributed by atoms with van der Waals surface area (Å²) in [6, 6.07) is 15.7. The van der Waals surface area contributed by atoms with Gasteiger partial charge in [-0.2, -0.15) is 0 Å². The molecule has 1 saturated heterocycles. The minimum atomic E-state index is -0.0775. The molecule has 0 radical (unpaired) electrons. The first kappa shape index (κ1) is 21.0. The zero-order chi connectivity index (χ0) is 19.8. The van der Waals surface area contributed by atoms with Crippen LogP contribution in [0, 0.1) is 5.92 Å². The summed E-state index contributed by atoms with van der Waals surface area (Å²) in [5.41, 5.74) is 1.40. The van der Waals surface area contributed by atoms with Gasteiger partial charge in [0.2, 0.25) is 0 Å². The minimum absolute atomic E-state index is 0.0337. The molecule has 3 rings (SSSR count). The van der Waals surface area contributed by atoms with Crippen LogP contribution in [0.2, 0.25) is 5.02 Å². The highest BCUT2D eigenvalue weighted by molar-refractivity contribution is 7.98. The first-order valence-corrected chi connectivity index (χ1v) is 11.2. The summed E-state index contributed by atoms with van der Waals surface area (Å²) in [5, 5.41) is 3.66. The van der Waals surface area contributed by atoms with Gasteiger partial charge in [0.15, 0.2) is 6.61 Å². The quantitative estimate of drug-likeness (QED) is 0.642. The number of nitrogens with one attached hydrogen (secondary N) is 1. The van der Waals surface area contributed by atoms with E-state index in [1.807, 2.05) is 0 Å². The Balaban J connectivity index is 1.35. The van der Waals surface area contributed by atoms with Crippen LogP contribution in [-0.2, 0) is 11.3 Å². The molecule has 0 unspecified atom stereocenters. The number of piperidine rings is 1. The summed E-state index contributed by atoms with van der Waals surface area (Å²) < 4.78 is 5.49. The maximum Gasteiger partial charge on any atom is 0.257 e. The molecule has 1 aliphatic heterocycles. The molecule has 0 aliphatic carbocycles. The molecule has 0 bridgehead atoms. The van der Waals surface area contributed by atoms with E-state index in [0.29, 0.717) is 16.7 Å². The van der Waals surface area contributed by atoms with Crippen molar-refractivity contribution in [3.63, 3.8) is 0 Å². The van der Waals surface area contributed by atoms with E-state index in [4.69, 9.17) is 16.3 Å². The van der Waals surface area contributed by atoms with Gasteiger partial charge in [0.1, 0.15) is 5.75 Å². The van der Waals surface area contributed by atoms with E-state index < -0.39 is 0 Å². The van der Waals surface area contributed by atoms with Crippen molar-refractivity contribution in [3.8, 4) is 5.75 Å². The number of hydrogen-bond acceptors (Lipinski definition) is 4. The Hall–Kier alpha value is -1.69. The Morgan fingerprint density at radius 3 is 2.61 bits per heavy atom. The second-order valence-corrected chi connectivity index (χ2v) is 8.36. The summed E-state index contributed by atoms with van der Waals surface area (Å²) in [4.78, 5) is 15.9. The van der Waals surface area contributed by atoms with Crippen LogP contribution in [0.15, 0.2) is 53.4 Å². The van der Waals surface area contributed by atoms with Crippen LogP contribution >= 0.6 is 23.4 Å². The summed E-state index contributed by atoms with van der Waals surface area (Å²) in [6.07, 6.45) is 4.35. The Bertz CT molecular complexity index is 761. The van der Waals surface area contributed by atoms with Gasteiger partial charge in [-0.15, -0.1) is 11.8 Å². The lowest BCUT2D eigenvalue weighted by Gasteiger charge is -2.32. The van der Waals surface area contributed by atoms with Gasteiger partial charge in [-0.1, -0.05) is 29.8 Å². The zero-order valence-corrected chi connectivity index (χ0v) is 17.8. The normalized spacial score (nSPS) is 15.4. The fourth-order valence-electron chi connectivity index (χ4n) is 3.41. The van der Waals surface area contributed by atoms with Crippen molar-refractivity contribution in [1.29, 1.82) is 0 Å². The van der Waals surface area contributed by atoms with Gasteiger partial charge >= 0.3 is 0 Å². The third kappa shape index (κ3) is 6.43. The van der Waals surface area contributed by atoms with Crippen LogP contribution < -0.4 is 10.1 Å². The lowest BCUT2D eigenvalue weighted by atomic mass is 9.96. The molecular weight excluding hydrogens is 392 g/mol. The number of likely N-dealkylation sites (tertiary alicyclic amines) is 1. The second-order valence-electron chi connectivity index (χ2n) is 7.08. The van der Waals surface area contributed by atoms with Crippen molar-refractivity contribution in [3.05, 3.63) is 59.1 Å². The lowest BCUT2D eigenvalue weighted by Crippen LogP contribution is -2.39. The number of carbonyl (C=O) groups is 1. The third-order valence-electron chi connectivity index (χ3n) is 5.07. The lowest BCUT2D eigenvalue weighted by molar-refractivity contribution is -0.123. The van der Waals surface area contributed by atoms with E-state index in [-0.39, 0.29) is 12.5 Å². The number of nitrogens with zero attached hydrogens (tertiary/aromatic N) is 1. The summed E-state index contributed by atoms with van der Waals surface area (Å²) in [7, 11) is 0. The molecular formula is C22H27ClN2O2S. The van der Waals surface area contributed by atoms with Crippen molar-refractivity contribution in [1.82, 2.24) is 10.2 Å². The van der Waals surface area contributed by atoms with Gasteiger partial charge in [0.05, 0.1) is 0 Å². The average Bonchev–Trinajstić information content (AvgIpc) is 2.73. The number of benzene rings is 2. The average molecular weight is 419 g/mol. The molecule has 6 heteroatoms. The van der Waals surface area contributed by atoms with Crippen molar-refractivity contribution in [2.75, 3.05) is 32.5 Å². The van der Waals surface area contributed by atoms with E-state index in [2.05, 4.69) is 40.7 Å². The predicted molar refractivity (Wildman–Crippen MR) is 116 cm³/mol. The molecule has 150 valence electrons. The molecule has 1 heterocycles. The first-order valence-electron chi connectivity index (χ1n) is 9.63. The Morgan fingerprint density at radius 1 is 1.18 bits per heavy atom. The largest absolute Gasteiger partial charge is 0.484 e. The summed E-state index contributed by atoms with van der Waals surface area (Å²) in [6.45, 7) is 3.91. The van der Waals surface area contributed by atoms with Gasteiger partial charge < -0.3 is 10.1 Å². The number of ether oxygens (including phenoxy) is 1. The van der Waals surface area contributed by atoms with Crippen molar-refractivity contribution in [2.45, 2.75) is 24.3 Å². The molecule has 2 aromatic carbocycles. The number of carbonyl (C=O) groups excluding carboxylic acids is 1. The molecule has 1 aliphatic rings. The van der Waals surface area contributed by atoms with E-state index in [9.17, 15) is 4.79 Å². The van der Waals surface area contributed by atoms with E-state index in [0.717, 1.165) is 39.0 Å². The molecule has 1 fully saturated rings. The van der Waals surface area contributed by atoms with Crippen LogP contribution in [0.25, 0.3) is 0 Å². The topological polar surface area (TPSA) is 41.6 Å². The zero-order valence-electron chi connectivity index (χ0n) is 16.2. The van der Waals surface area contributed by atoms with E-state index in [1.165, 1.54) is 10.5 Å². The second kappa shape index (κ2) is 10.7. The number of hydrogen-bond donors (Lipinski definition) is 1. The number of halogens is 1. The summed E-state index contributed by atoms with van der Waals surface area (Å²) >= 11 is 7.65. The SMILES string of the molecule is CSc1ccccc1CN1CCC(CNC(=O)COc2ccc(Cl)cc2)CC1. The smallest absolute Gasteiger partial charge is 0.257 e. The molecule has 1 N–H and O–H groups in total. The van der Waals surface area contributed by atoms with Crippen LogP contribution in [0.5, 0.6) is 5.75 Å². The summed E-state index contributed by atoms with van der Waals surface area (Å²) in [5.74, 6) is 1.11. The molecule has 28 heavy (non-hydrogen) atoms. The monoisotopic (exact) mass is 418 g/mol. The molecule has 4 nitrogen and oxygen atoms in total. The van der Waals surface area contributed by atoms with Crippen LogP contribution in [0.1, 0.15) is 18.4 Å². The van der Waals surface area contributed by atoms with Gasteiger partial charge in [-0.05, 0) is 74.0 Å². The van der Waals surface area contributed by atoms with Gasteiger partial charge in [-0.25, -0.2) is 0 Å². The molecule has 0 atom stereocenters. The Labute approximate surface area is 176 Å². The predicted octanol–water partition coefficient (Wildman–Crippen LogP) is 4.47. The highest BCUT2D eigenvalue weighted by Gasteiger charge is 2.20. The van der Waals surface area contributed by atoms with Crippen LogP contribution in [-0.4, -0.2) is 43.3 Å². The van der Waals surface area contributed by atoms with E-state index >= 15 is 0 Å². The third-order valence-corrected chi connectivity index (χ3v) is 6.16. The highest BCUT2D eigenvalue weighted by atomic mass is 35.5. The van der Waals surface area contributed by atoms with Crippen molar-refractivity contribution < 1.29 is 9.53 Å². The van der Waals surface area contributed by atoms with Gasteiger partial charge in [0.25, 0.3) is 5.91 Å². The fourth-order valence-corrected chi connectivity index (χ4v) is 4.15. The molecule has 0 spiro atoms.